The summed E-state index contributed by atoms with van der Waals surface area (Å²) in [5.41, 5.74) is -1.25. The standard InChI is InChI=1S/C54H34N2O/c1-3-12-35(13-4-1)37-22-26-40(27-23-37)56-50-21-10-7-16-43(50)47-19-11-18-42(54(47)56)39-25-31-51-48(32-39)44-17-8-9-20-49(44)55(51)41-28-30-46-45-29-24-38(36-14-5-2-6-15-36)33-52(45)57-53(46)34-41/h1-34H/i2D,5D,6D,7D,8D,9D,10D,11D,14D,16D,17D,19D,20D,21D,24D,28D,29D,30D,31D,32D,33D,34D. The van der Waals surface area contributed by atoms with Crippen molar-refractivity contribution in [1.29, 1.82) is 0 Å². The summed E-state index contributed by atoms with van der Waals surface area (Å²) in [7, 11) is 0. The van der Waals surface area contributed by atoms with Crippen LogP contribution in [0.5, 0.6) is 0 Å². The number of para-hydroxylation sites is 3. The first-order valence-electron chi connectivity index (χ1n) is 28.7. The molecule has 0 aliphatic carbocycles. The molecule has 0 unspecified atom stereocenters. The van der Waals surface area contributed by atoms with Crippen LogP contribution in [0.2, 0.25) is 0 Å². The first kappa shape index (κ1) is 17.0. The summed E-state index contributed by atoms with van der Waals surface area (Å²) < 4.78 is 208. The largest absolute Gasteiger partial charge is 0.456 e. The molecular formula is C54H34N2O. The van der Waals surface area contributed by atoms with Crippen molar-refractivity contribution in [2.45, 2.75) is 0 Å². The monoisotopic (exact) mass is 748 g/mol. The second kappa shape index (κ2) is 12.5. The summed E-state index contributed by atoms with van der Waals surface area (Å²) in [6.45, 7) is 0. The Morgan fingerprint density at radius 3 is 1.88 bits per heavy atom. The highest BCUT2D eigenvalue weighted by Crippen LogP contribution is 2.42. The first-order valence-corrected chi connectivity index (χ1v) is 17.7. The highest BCUT2D eigenvalue weighted by Gasteiger charge is 2.19. The number of aromatic nitrogens is 2. The lowest BCUT2D eigenvalue weighted by molar-refractivity contribution is 0.669. The molecule has 12 aromatic rings. The van der Waals surface area contributed by atoms with Crippen LogP contribution in [0, 0.1) is 0 Å². The molecule has 0 fully saturated rings. The minimum absolute atomic E-state index is 0.0190. The number of furan rings is 1. The van der Waals surface area contributed by atoms with Gasteiger partial charge < -0.3 is 13.6 Å². The van der Waals surface area contributed by atoms with Crippen molar-refractivity contribution in [2.24, 2.45) is 0 Å². The number of benzene rings is 9. The topological polar surface area (TPSA) is 23.0 Å². The summed E-state index contributed by atoms with van der Waals surface area (Å²) in [6.07, 6.45) is 0. The molecule has 57 heavy (non-hydrogen) atoms. The van der Waals surface area contributed by atoms with Crippen LogP contribution in [0.25, 0.3) is 110 Å². The maximum absolute atomic E-state index is 10.1. The lowest BCUT2D eigenvalue weighted by atomic mass is 9.99. The van der Waals surface area contributed by atoms with Crippen LogP contribution in [0.15, 0.2) is 210 Å². The van der Waals surface area contributed by atoms with Crippen LogP contribution < -0.4 is 0 Å². The van der Waals surface area contributed by atoms with Gasteiger partial charge >= 0.3 is 0 Å². The van der Waals surface area contributed by atoms with E-state index >= 15 is 0 Å². The molecule has 3 aromatic heterocycles. The van der Waals surface area contributed by atoms with Gasteiger partial charge in [0.15, 0.2) is 0 Å². The third-order valence-corrected chi connectivity index (χ3v) is 10.0. The fourth-order valence-electron chi connectivity index (χ4n) is 7.49. The summed E-state index contributed by atoms with van der Waals surface area (Å²) in [4.78, 5) is 0. The number of nitrogens with zero attached hydrogens (tertiary/aromatic N) is 2. The molecular weight excluding hydrogens is 693 g/mol. The SMILES string of the molecule is [2H]c1cc(-c2c([2H])c([2H])c3c(oc4c([2H])c(-n5c6c([2H])cc(-c7cc([2H])c([2H])c8c9c([2H])c([2H])c([2H])c([2H])c9n(-c9ccc(-c%10ccccc%10)cc9)c78)c([2H])c6c6c([2H])c([2H])c([2H])c([2H])c65)c([2H])c([2H])c43)c2[2H])c([2H])c([2H])c1[2H]. The molecule has 0 amide bonds. The Hall–Kier alpha value is -7.62. The molecule has 0 atom stereocenters. The number of hydrogen-bond donors (Lipinski definition) is 0. The Kier molecular flexibility index (Phi) is 3.72. The lowest BCUT2D eigenvalue weighted by Gasteiger charge is -2.13. The van der Waals surface area contributed by atoms with Gasteiger partial charge in [0, 0.05) is 55.3 Å². The molecule has 0 aliphatic heterocycles. The van der Waals surface area contributed by atoms with Crippen molar-refractivity contribution < 1.29 is 34.6 Å². The molecule has 3 nitrogen and oxygen atoms in total. The minimum Gasteiger partial charge on any atom is -0.456 e. The molecule has 9 aromatic carbocycles. The molecule has 266 valence electrons. The van der Waals surface area contributed by atoms with Crippen molar-refractivity contribution in [3.63, 3.8) is 0 Å². The maximum Gasteiger partial charge on any atom is 0.137 e. The van der Waals surface area contributed by atoms with Gasteiger partial charge in [-0.15, -0.1) is 0 Å². The average Bonchev–Trinajstić information content (AvgIpc) is 3.02. The predicted molar refractivity (Wildman–Crippen MR) is 239 cm³/mol. The van der Waals surface area contributed by atoms with Gasteiger partial charge in [0.05, 0.1) is 52.2 Å². The Morgan fingerprint density at radius 2 is 1.04 bits per heavy atom. The van der Waals surface area contributed by atoms with Gasteiger partial charge in [-0.1, -0.05) is 139 Å². The third-order valence-electron chi connectivity index (χ3n) is 10.0. The molecule has 0 radical (unpaired) electrons. The summed E-state index contributed by atoms with van der Waals surface area (Å²) in [5, 5.41) is -1.56. The average molecular weight is 749 g/mol. The zero-order chi connectivity index (χ0) is 56.6. The quantitative estimate of drug-likeness (QED) is 0.172. The summed E-state index contributed by atoms with van der Waals surface area (Å²) >= 11 is 0. The van der Waals surface area contributed by atoms with E-state index in [4.69, 9.17) is 20.9 Å². The van der Waals surface area contributed by atoms with Crippen molar-refractivity contribution in [1.82, 2.24) is 9.13 Å². The van der Waals surface area contributed by atoms with Gasteiger partial charge in [-0.3, -0.25) is 0 Å². The van der Waals surface area contributed by atoms with Gasteiger partial charge in [0.25, 0.3) is 0 Å². The van der Waals surface area contributed by atoms with Crippen LogP contribution in [-0.4, -0.2) is 9.13 Å². The van der Waals surface area contributed by atoms with Crippen LogP contribution in [0.1, 0.15) is 30.2 Å². The van der Waals surface area contributed by atoms with Crippen molar-refractivity contribution in [2.75, 3.05) is 0 Å². The van der Waals surface area contributed by atoms with E-state index in [1.54, 1.807) is 24.3 Å². The highest BCUT2D eigenvalue weighted by molar-refractivity contribution is 6.16. The smallest absolute Gasteiger partial charge is 0.137 e. The predicted octanol–water partition coefficient (Wildman–Crippen LogP) is 14.8. The van der Waals surface area contributed by atoms with E-state index < -0.39 is 161 Å². The molecule has 0 bridgehead atoms. The van der Waals surface area contributed by atoms with Crippen LogP contribution in [0.4, 0.5) is 0 Å². The highest BCUT2D eigenvalue weighted by atomic mass is 16.3. The minimum atomic E-state index is -0.797. The van der Waals surface area contributed by atoms with E-state index in [-0.39, 0.29) is 65.6 Å². The Labute approximate surface area is 359 Å². The van der Waals surface area contributed by atoms with Crippen molar-refractivity contribution in [3.8, 4) is 44.8 Å². The second-order valence-electron chi connectivity index (χ2n) is 13.2. The Balaban J connectivity index is 1.20. The molecule has 0 N–H and O–H groups in total. The zero-order valence-corrected chi connectivity index (χ0v) is 29.2. The van der Waals surface area contributed by atoms with Gasteiger partial charge in [-0.05, 0) is 88.3 Å². The number of fused-ring (bicyclic) bond motifs is 9. The molecule has 0 saturated carbocycles. The molecule has 3 heterocycles. The van der Waals surface area contributed by atoms with E-state index in [0.717, 1.165) is 21.8 Å². The van der Waals surface area contributed by atoms with Gasteiger partial charge in [0.1, 0.15) is 11.2 Å². The molecule has 0 aliphatic rings. The fourth-order valence-corrected chi connectivity index (χ4v) is 7.49. The Morgan fingerprint density at radius 1 is 0.351 bits per heavy atom. The molecule has 3 heteroatoms. The normalized spacial score (nSPS) is 17.3. The van der Waals surface area contributed by atoms with Crippen LogP contribution >= 0.6 is 0 Å². The van der Waals surface area contributed by atoms with Gasteiger partial charge in [0.2, 0.25) is 0 Å². The molecule has 0 saturated heterocycles. The van der Waals surface area contributed by atoms with E-state index in [9.17, 15) is 13.7 Å². The summed E-state index contributed by atoms with van der Waals surface area (Å²) in [5.74, 6) is 0. The van der Waals surface area contributed by atoms with E-state index in [1.807, 2.05) is 30.3 Å². The van der Waals surface area contributed by atoms with Gasteiger partial charge in [-0.25, -0.2) is 0 Å². The molecule has 0 spiro atoms. The van der Waals surface area contributed by atoms with E-state index in [2.05, 4.69) is 0 Å². The van der Waals surface area contributed by atoms with Crippen molar-refractivity contribution in [3.05, 3.63) is 206 Å². The third kappa shape index (κ3) is 4.92. The number of rotatable bonds is 5. The van der Waals surface area contributed by atoms with Crippen LogP contribution in [0.3, 0.4) is 0 Å². The van der Waals surface area contributed by atoms with E-state index in [1.165, 1.54) is 16.7 Å². The van der Waals surface area contributed by atoms with E-state index in [0.29, 0.717) is 5.69 Å². The zero-order valence-electron chi connectivity index (χ0n) is 51.2. The second-order valence-corrected chi connectivity index (χ2v) is 13.2. The molecule has 12 rings (SSSR count). The first-order chi connectivity index (χ1) is 37.4. The lowest BCUT2D eigenvalue weighted by Crippen LogP contribution is -1.96. The van der Waals surface area contributed by atoms with Crippen LogP contribution in [-0.2, 0) is 0 Å². The fraction of sp³-hybridized carbons (Fsp3) is 0. The number of hydrogen-bond acceptors (Lipinski definition) is 1. The summed E-state index contributed by atoms with van der Waals surface area (Å²) in [6, 6.07) is 6.19. The maximum atomic E-state index is 10.1. The van der Waals surface area contributed by atoms with Crippen molar-refractivity contribution >= 4 is 65.6 Å². The Bertz CT molecular complexity index is 4790. The van der Waals surface area contributed by atoms with Gasteiger partial charge in [-0.2, -0.15) is 0 Å².